The fraction of sp³-hybridized carbons (Fsp3) is 0.300. The van der Waals surface area contributed by atoms with Crippen LogP contribution in [0, 0.1) is 37.8 Å². The maximum atomic E-state index is 13.8. The van der Waals surface area contributed by atoms with Gasteiger partial charge >= 0.3 is 0 Å². The summed E-state index contributed by atoms with van der Waals surface area (Å²) in [6.07, 6.45) is 1.87. The minimum absolute atomic E-state index is 0.164. The van der Waals surface area contributed by atoms with E-state index in [2.05, 4.69) is 17.3 Å². The van der Waals surface area contributed by atoms with Gasteiger partial charge < -0.3 is 19.9 Å². The van der Waals surface area contributed by atoms with Crippen LogP contribution >= 0.6 is 0 Å². The number of carbonyl (C=O) groups excluding carboxylic acids is 3. The Kier molecular flexibility index (Phi) is 11.1. The number of hydrogen-bond donors (Lipinski definition) is 1. The molecular weight excluding hydrogens is 632 g/mol. The van der Waals surface area contributed by atoms with Gasteiger partial charge in [0.25, 0.3) is 17.5 Å². The second-order valence-corrected chi connectivity index (χ2v) is 12.8. The zero-order chi connectivity index (χ0) is 35.9. The Bertz CT molecular complexity index is 1960. The lowest BCUT2D eigenvalue weighted by Gasteiger charge is -2.35. The number of nitrogens with zero attached hydrogens (tertiary/aromatic N) is 3. The predicted octanol–water partition coefficient (Wildman–Crippen LogP) is 7.72. The first-order valence-corrected chi connectivity index (χ1v) is 16.7. The van der Waals surface area contributed by atoms with E-state index in [0.29, 0.717) is 35.8 Å². The molecule has 0 saturated carbocycles. The average Bonchev–Trinajstić information content (AvgIpc) is 3.12. The van der Waals surface area contributed by atoms with Gasteiger partial charge in [-0.3, -0.25) is 19.7 Å². The normalized spacial score (nSPS) is 12.9. The Hall–Kier alpha value is -5.73. The molecule has 0 spiro atoms. The van der Waals surface area contributed by atoms with Gasteiger partial charge in [-0.2, -0.15) is 0 Å². The molecule has 10 nitrogen and oxygen atoms in total. The third-order valence-corrected chi connectivity index (χ3v) is 9.50. The zero-order valence-corrected chi connectivity index (χ0v) is 29.1. The quantitative estimate of drug-likeness (QED) is 0.0982. The standard InChI is InChI=1S/C40H42N4O6/c1-26-9-16-37(28(3)23-26)43(40(47)32-7-6-8-33(24-32)44(48)49)22-19-34(25-45)42-20-17-30(18-21-42)36-15-10-27(2)38(29(36)4)41-39(46)31-11-13-35(50-5)14-12-31/h6-16,23-24,30H,17-22H2,1-5H3,(H,41,46). The number of likely N-dealkylation sites (tertiary alicyclic amines) is 1. The second-order valence-electron chi connectivity index (χ2n) is 12.8. The van der Waals surface area contributed by atoms with Crippen molar-refractivity contribution >= 4 is 34.8 Å². The molecule has 1 aliphatic rings. The molecule has 0 radical (unpaired) electrons. The molecule has 0 aromatic heterocycles. The van der Waals surface area contributed by atoms with Crippen LogP contribution in [0.15, 0.2) is 84.6 Å². The van der Waals surface area contributed by atoms with E-state index in [0.717, 1.165) is 40.8 Å². The van der Waals surface area contributed by atoms with Crippen molar-refractivity contribution < 1.29 is 24.0 Å². The SMILES string of the molecule is COc1ccc(C(=O)Nc2c(C)ccc(C3CCN(C(=C=O)CCN(C(=O)c4cccc([N+](=O)[O-])c4)c4ccc(C)cc4C)CC3)c2C)cc1. The van der Waals surface area contributed by atoms with Crippen LogP contribution < -0.4 is 15.0 Å². The highest BCUT2D eigenvalue weighted by Gasteiger charge is 2.27. The fourth-order valence-electron chi connectivity index (χ4n) is 6.73. The molecule has 258 valence electrons. The molecule has 1 aliphatic heterocycles. The highest BCUT2D eigenvalue weighted by molar-refractivity contribution is 6.07. The molecule has 4 aromatic carbocycles. The topological polar surface area (TPSA) is 122 Å². The maximum absolute atomic E-state index is 13.8. The number of carbonyl (C=O) groups is 2. The van der Waals surface area contributed by atoms with Crippen LogP contribution in [0.2, 0.25) is 0 Å². The van der Waals surface area contributed by atoms with Gasteiger partial charge in [0.2, 0.25) is 0 Å². The number of methoxy groups -OCH3 is 1. The Labute approximate surface area is 292 Å². The van der Waals surface area contributed by atoms with Gasteiger partial charge in [-0.05, 0) is 105 Å². The summed E-state index contributed by atoms with van der Waals surface area (Å²) in [5.41, 5.74) is 7.64. The van der Waals surface area contributed by atoms with E-state index >= 15 is 0 Å². The van der Waals surface area contributed by atoms with Crippen molar-refractivity contribution in [1.82, 2.24) is 4.90 Å². The Morgan fingerprint density at radius 1 is 0.940 bits per heavy atom. The lowest BCUT2D eigenvalue weighted by molar-refractivity contribution is -0.384. The van der Waals surface area contributed by atoms with Crippen LogP contribution in [0.3, 0.4) is 0 Å². The summed E-state index contributed by atoms with van der Waals surface area (Å²) in [6, 6.07) is 22.6. The van der Waals surface area contributed by atoms with Gasteiger partial charge in [-0.15, -0.1) is 0 Å². The summed E-state index contributed by atoms with van der Waals surface area (Å²) in [7, 11) is 1.59. The van der Waals surface area contributed by atoms with Crippen molar-refractivity contribution in [3.63, 3.8) is 0 Å². The molecule has 0 unspecified atom stereocenters. The Morgan fingerprint density at radius 2 is 1.66 bits per heavy atom. The molecule has 1 fully saturated rings. The van der Waals surface area contributed by atoms with Crippen molar-refractivity contribution in [1.29, 1.82) is 0 Å². The third-order valence-electron chi connectivity index (χ3n) is 9.50. The van der Waals surface area contributed by atoms with E-state index < -0.39 is 4.92 Å². The monoisotopic (exact) mass is 674 g/mol. The summed E-state index contributed by atoms with van der Waals surface area (Å²) in [4.78, 5) is 53.8. The molecule has 4 aromatic rings. The summed E-state index contributed by atoms with van der Waals surface area (Å²) in [5, 5.41) is 14.5. The number of non-ortho nitro benzene ring substituents is 1. The summed E-state index contributed by atoms with van der Waals surface area (Å²) in [6.45, 7) is 9.38. The molecular formula is C40H42N4O6. The molecule has 50 heavy (non-hydrogen) atoms. The number of ether oxygens (including phenoxy) is 1. The lowest BCUT2D eigenvalue weighted by Crippen LogP contribution is -2.37. The first-order chi connectivity index (χ1) is 24.0. The van der Waals surface area contributed by atoms with E-state index in [1.54, 1.807) is 42.3 Å². The zero-order valence-electron chi connectivity index (χ0n) is 29.1. The van der Waals surface area contributed by atoms with Gasteiger partial charge in [0.15, 0.2) is 0 Å². The Morgan fingerprint density at radius 3 is 2.30 bits per heavy atom. The number of anilines is 2. The van der Waals surface area contributed by atoms with E-state index in [1.807, 2.05) is 56.9 Å². The number of amides is 2. The highest BCUT2D eigenvalue weighted by Crippen LogP contribution is 2.36. The van der Waals surface area contributed by atoms with Crippen LogP contribution in [-0.2, 0) is 4.79 Å². The van der Waals surface area contributed by atoms with Gasteiger partial charge in [0, 0.05) is 60.7 Å². The largest absolute Gasteiger partial charge is 0.497 e. The molecule has 1 saturated heterocycles. The van der Waals surface area contributed by atoms with E-state index in [-0.39, 0.29) is 41.9 Å². The van der Waals surface area contributed by atoms with Crippen LogP contribution in [-0.4, -0.2) is 54.3 Å². The minimum Gasteiger partial charge on any atom is -0.497 e. The molecule has 0 bridgehead atoms. The lowest BCUT2D eigenvalue weighted by atomic mass is 9.85. The van der Waals surface area contributed by atoms with Crippen molar-refractivity contribution in [2.24, 2.45) is 0 Å². The average molecular weight is 675 g/mol. The number of aryl methyl sites for hydroxylation is 3. The first kappa shape index (κ1) is 35.6. The highest BCUT2D eigenvalue weighted by atomic mass is 16.6. The van der Waals surface area contributed by atoms with Crippen molar-refractivity contribution in [3.05, 3.63) is 134 Å². The fourth-order valence-corrected chi connectivity index (χ4v) is 6.73. The molecule has 2 amide bonds. The summed E-state index contributed by atoms with van der Waals surface area (Å²) in [5.74, 6) is 2.49. The first-order valence-electron chi connectivity index (χ1n) is 16.7. The number of nitrogens with one attached hydrogen (secondary N) is 1. The summed E-state index contributed by atoms with van der Waals surface area (Å²) < 4.78 is 5.21. The van der Waals surface area contributed by atoms with Crippen LogP contribution in [0.1, 0.15) is 73.7 Å². The van der Waals surface area contributed by atoms with Gasteiger partial charge in [0.1, 0.15) is 17.4 Å². The molecule has 0 atom stereocenters. The predicted molar refractivity (Wildman–Crippen MR) is 195 cm³/mol. The van der Waals surface area contributed by atoms with E-state index in [9.17, 15) is 24.5 Å². The van der Waals surface area contributed by atoms with E-state index in [4.69, 9.17) is 4.74 Å². The maximum Gasteiger partial charge on any atom is 0.270 e. The van der Waals surface area contributed by atoms with Crippen molar-refractivity contribution in [2.45, 2.75) is 52.9 Å². The van der Waals surface area contributed by atoms with Crippen LogP contribution in [0.4, 0.5) is 17.1 Å². The van der Waals surface area contributed by atoms with Crippen LogP contribution in [0.5, 0.6) is 5.75 Å². The van der Waals surface area contributed by atoms with Crippen LogP contribution in [0.25, 0.3) is 0 Å². The number of benzene rings is 4. The third kappa shape index (κ3) is 7.93. The van der Waals surface area contributed by atoms with Crippen molar-refractivity contribution in [3.8, 4) is 5.75 Å². The van der Waals surface area contributed by atoms with Gasteiger partial charge in [0.05, 0.1) is 12.0 Å². The second kappa shape index (κ2) is 15.7. The van der Waals surface area contributed by atoms with Gasteiger partial charge in [-0.25, -0.2) is 4.79 Å². The molecule has 1 heterocycles. The number of nitro groups is 1. The molecule has 0 aliphatic carbocycles. The number of nitro benzene ring substituents is 1. The Balaban J connectivity index is 1.28. The summed E-state index contributed by atoms with van der Waals surface area (Å²) >= 11 is 0. The molecule has 1 N–H and O–H groups in total. The molecule has 10 heteroatoms. The number of hydrogen-bond acceptors (Lipinski definition) is 7. The van der Waals surface area contributed by atoms with E-state index in [1.165, 1.54) is 23.8 Å². The minimum atomic E-state index is -0.521. The van der Waals surface area contributed by atoms with Gasteiger partial charge in [-0.1, -0.05) is 35.9 Å². The number of rotatable bonds is 11. The smallest absolute Gasteiger partial charge is 0.270 e. The van der Waals surface area contributed by atoms with Crippen molar-refractivity contribution in [2.75, 3.05) is 37.0 Å². The molecule has 5 rings (SSSR count). The number of piperidine rings is 1.